The van der Waals surface area contributed by atoms with Gasteiger partial charge < -0.3 is 15.4 Å². The Bertz CT molecular complexity index is 410. The highest BCUT2D eigenvalue weighted by Crippen LogP contribution is 2.62. The Balaban J connectivity index is 1.94. The largest absolute Gasteiger partial charge is 0.462 e. The molecule has 2 rings (SSSR count). The molecule has 1 saturated carbocycles. The standard InChI is InChI=1S/C17H28NO3/c1-6-16(5,17(7-8-17)12(2)3)18-9-13(4)15(19)21-11-14-10-20-14/h9,13-14H,6-8,10-11H2,1-5H3/q-1. The monoisotopic (exact) mass is 294 g/mol. The van der Waals surface area contributed by atoms with Crippen LogP contribution in [0.2, 0.25) is 0 Å². The average molecular weight is 294 g/mol. The number of hydrogen-bond donors (Lipinski definition) is 0. The molecule has 0 aromatic carbocycles. The summed E-state index contributed by atoms with van der Waals surface area (Å²) < 4.78 is 10.3. The molecule has 0 radical (unpaired) electrons. The van der Waals surface area contributed by atoms with Gasteiger partial charge in [-0.15, -0.1) is 5.41 Å². The van der Waals surface area contributed by atoms with E-state index in [-0.39, 0.29) is 28.9 Å². The van der Waals surface area contributed by atoms with Crippen LogP contribution in [-0.2, 0) is 14.3 Å². The van der Waals surface area contributed by atoms with E-state index in [0.29, 0.717) is 13.2 Å². The smallest absolute Gasteiger partial charge is 0.314 e. The average Bonchev–Trinajstić information content (AvgIpc) is 3.33. The van der Waals surface area contributed by atoms with E-state index in [1.807, 2.05) is 6.92 Å². The maximum Gasteiger partial charge on any atom is 0.314 e. The number of carbonyl (C=O) groups excluding carboxylic acids is 1. The van der Waals surface area contributed by atoms with Gasteiger partial charge in [-0.2, -0.15) is 13.8 Å². The second-order valence-corrected chi connectivity index (χ2v) is 6.86. The molecule has 0 aromatic rings. The molecule has 2 fully saturated rings. The molecule has 1 saturated heterocycles. The minimum absolute atomic E-state index is 0.111. The maximum absolute atomic E-state index is 11.9. The summed E-state index contributed by atoms with van der Waals surface area (Å²) in [4.78, 5) is 16.7. The van der Waals surface area contributed by atoms with Crippen molar-refractivity contribution in [1.29, 1.82) is 0 Å². The first-order chi connectivity index (χ1) is 9.84. The summed E-state index contributed by atoms with van der Waals surface area (Å²) in [6.07, 6.45) is 5.28. The van der Waals surface area contributed by atoms with Crippen LogP contribution >= 0.6 is 0 Å². The number of rotatable bonds is 8. The highest BCUT2D eigenvalue weighted by atomic mass is 16.6. The van der Waals surface area contributed by atoms with Gasteiger partial charge in [0, 0.05) is 11.8 Å². The Morgan fingerprint density at radius 2 is 2.19 bits per heavy atom. The van der Waals surface area contributed by atoms with Gasteiger partial charge in [0.15, 0.2) is 0 Å². The van der Waals surface area contributed by atoms with Gasteiger partial charge in [-0.1, -0.05) is 19.8 Å². The summed E-state index contributed by atoms with van der Waals surface area (Å²) in [6, 6.07) is 0. The van der Waals surface area contributed by atoms with Crippen LogP contribution in [0.1, 0.15) is 53.9 Å². The van der Waals surface area contributed by atoms with E-state index < -0.39 is 0 Å². The number of epoxide rings is 1. The Kier molecular flexibility index (Phi) is 4.76. The molecule has 0 bridgehead atoms. The zero-order valence-electron chi connectivity index (χ0n) is 13.9. The first-order valence-electron chi connectivity index (χ1n) is 7.99. The molecule has 0 amide bonds. The summed E-state index contributed by atoms with van der Waals surface area (Å²) in [6.45, 7) is 11.7. The van der Waals surface area contributed by atoms with E-state index in [1.54, 1.807) is 6.21 Å². The van der Waals surface area contributed by atoms with Crippen LogP contribution in [0.3, 0.4) is 0 Å². The van der Waals surface area contributed by atoms with Crippen LogP contribution in [-0.4, -0.2) is 37.0 Å². The summed E-state index contributed by atoms with van der Waals surface area (Å²) in [5.41, 5.74) is 0.115. The molecular formula is C17H28NO3-. The number of aliphatic imine (C=N–C) groups is 1. The van der Waals surface area contributed by atoms with E-state index in [0.717, 1.165) is 6.42 Å². The fourth-order valence-corrected chi connectivity index (χ4v) is 3.06. The van der Waals surface area contributed by atoms with Crippen LogP contribution < -0.4 is 0 Å². The predicted octanol–water partition coefficient (Wildman–Crippen LogP) is 3.20. The highest BCUT2D eigenvalue weighted by molar-refractivity contribution is 5.89. The molecule has 2 aliphatic rings. The number of hydrogen-bond acceptors (Lipinski definition) is 4. The van der Waals surface area contributed by atoms with E-state index in [4.69, 9.17) is 14.5 Å². The number of carbonyl (C=O) groups is 1. The van der Waals surface area contributed by atoms with Gasteiger partial charge >= 0.3 is 5.97 Å². The summed E-state index contributed by atoms with van der Waals surface area (Å²) in [5, 5.41) is 0. The first-order valence-corrected chi connectivity index (χ1v) is 7.99. The molecule has 0 spiro atoms. The Morgan fingerprint density at radius 1 is 1.57 bits per heavy atom. The van der Waals surface area contributed by atoms with Crippen molar-refractivity contribution in [3.05, 3.63) is 5.92 Å². The van der Waals surface area contributed by atoms with Crippen molar-refractivity contribution in [2.24, 2.45) is 16.3 Å². The third-order valence-electron chi connectivity index (χ3n) is 5.20. The van der Waals surface area contributed by atoms with Crippen molar-refractivity contribution in [3.63, 3.8) is 0 Å². The molecule has 4 heteroatoms. The lowest BCUT2D eigenvalue weighted by molar-refractivity contribution is -0.145. The molecule has 21 heavy (non-hydrogen) atoms. The topological polar surface area (TPSA) is 51.2 Å². The van der Waals surface area contributed by atoms with Gasteiger partial charge in [-0.25, -0.2) is 0 Å². The molecule has 1 aliphatic carbocycles. The second-order valence-electron chi connectivity index (χ2n) is 6.86. The van der Waals surface area contributed by atoms with Gasteiger partial charge in [0.05, 0.1) is 12.5 Å². The molecule has 1 aliphatic heterocycles. The normalized spacial score (nSPS) is 27.4. The van der Waals surface area contributed by atoms with Gasteiger partial charge in [-0.3, -0.25) is 9.79 Å². The first kappa shape index (κ1) is 16.5. The van der Waals surface area contributed by atoms with Crippen LogP contribution in [0.25, 0.3) is 0 Å². The van der Waals surface area contributed by atoms with Crippen molar-refractivity contribution in [2.45, 2.75) is 65.5 Å². The lowest BCUT2D eigenvalue weighted by Gasteiger charge is -2.46. The lowest BCUT2D eigenvalue weighted by Crippen LogP contribution is -2.37. The maximum atomic E-state index is 11.9. The van der Waals surface area contributed by atoms with Gasteiger partial charge in [-0.05, 0) is 20.3 Å². The van der Waals surface area contributed by atoms with Crippen LogP contribution in [0.4, 0.5) is 0 Å². The molecule has 0 N–H and O–H groups in total. The van der Waals surface area contributed by atoms with Gasteiger partial charge in [0.2, 0.25) is 0 Å². The van der Waals surface area contributed by atoms with E-state index >= 15 is 0 Å². The van der Waals surface area contributed by atoms with Crippen molar-refractivity contribution < 1.29 is 14.3 Å². The van der Waals surface area contributed by atoms with Crippen molar-refractivity contribution in [2.75, 3.05) is 13.2 Å². The fourth-order valence-electron chi connectivity index (χ4n) is 3.06. The predicted molar refractivity (Wildman–Crippen MR) is 83.3 cm³/mol. The van der Waals surface area contributed by atoms with Crippen LogP contribution in [0, 0.1) is 17.3 Å². The Labute approximate surface area is 128 Å². The van der Waals surface area contributed by atoms with Crippen LogP contribution in [0.15, 0.2) is 4.99 Å². The third-order valence-corrected chi connectivity index (χ3v) is 5.20. The summed E-state index contributed by atoms with van der Waals surface area (Å²) >= 11 is 0. The van der Waals surface area contributed by atoms with Gasteiger partial charge in [0.1, 0.15) is 12.7 Å². The Hall–Kier alpha value is -0.900. The SMILES string of the molecule is CCC(C)(N=CC(C)C(=O)OCC1CO1)C1([C-](C)C)CC1. The van der Waals surface area contributed by atoms with E-state index in [9.17, 15) is 4.79 Å². The van der Waals surface area contributed by atoms with Crippen molar-refractivity contribution in [1.82, 2.24) is 0 Å². The summed E-state index contributed by atoms with van der Waals surface area (Å²) in [5.74, 6) is 0.933. The number of ether oxygens (including phenoxy) is 2. The molecule has 0 aromatic heterocycles. The van der Waals surface area contributed by atoms with E-state index in [2.05, 4.69) is 27.7 Å². The number of nitrogens with zero attached hydrogens (tertiary/aromatic N) is 1. The number of esters is 1. The molecular weight excluding hydrogens is 266 g/mol. The fraction of sp³-hybridized carbons (Fsp3) is 0.824. The Morgan fingerprint density at radius 3 is 2.62 bits per heavy atom. The quantitative estimate of drug-likeness (QED) is 0.299. The van der Waals surface area contributed by atoms with Crippen molar-refractivity contribution >= 4 is 12.2 Å². The van der Waals surface area contributed by atoms with Crippen molar-refractivity contribution in [3.8, 4) is 0 Å². The zero-order chi connectivity index (χ0) is 15.7. The molecule has 1 heterocycles. The van der Waals surface area contributed by atoms with Crippen LogP contribution in [0.5, 0.6) is 0 Å². The molecule has 120 valence electrons. The third kappa shape index (κ3) is 3.47. The lowest BCUT2D eigenvalue weighted by atomic mass is 9.73. The second kappa shape index (κ2) is 6.07. The zero-order valence-corrected chi connectivity index (χ0v) is 13.9. The van der Waals surface area contributed by atoms with E-state index in [1.165, 1.54) is 18.8 Å². The molecule has 3 unspecified atom stereocenters. The molecule has 3 atom stereocenters. The highest BCUT2D eigenvalue weighted by Gasteiger charge is 2.49. The van der Waals surface area contributed by atoms with Gasteiger partial charge in [0.25, 0.3) is 0 Å². The minimum Gasteiger partial charge on any atom is -0.462 e. The molecule has 4 nitrogen and oxygen atoms in total. The minimum atomic E-state index is -0.303. The summed E-state index contributed by atoms with van der Waals surface area (Å²) in [7, 11) is 0.